The zero-order valence-electron chi connectivity index (χ0n) is 18.1. The molecule has 1 aliphatic heterocycles. The molecule has 1 amide bonds. The van der Waals surface area contributed by atoms with E-state index in [1.165, 1.54) is 19.3 Å². The fourth-order valence-corrected chi connectivity index (χ4v) is 6.56. The first kappa shape index (κ1) is 20.3. The fourth-order valence-electron chi connectivity index (χ4n) is 5.47. The molecule has 2 saturated carbocycles. The number of aliphatic hydroxyl groups excluding tert-OH is 1. The summed E-state index contributed by atoms with van der Waals surface area (Å²) in [6.07, 6.45) is 9.97. The molecule has 3 atom stereocenters. The number of para-hydroxylation sites is 1. The van der Waals surface area contributed by atoms with Crippen LogP contribution in [0.2, 0.25) is 0 Å². The highest BCUT2D eigenvalue weighted by atomic mass is 32.1. The van der Waals surface area contributed by atoms with Crippen LogP contribution >= 0.6 is 11.3 Å². The minimum absolute atomic E-state index is 0.0601. The number of likely N-dealkylation sites (tertiary alicyclic amines) is 1. The van der Waals surface area contributed by atoms with Crippen molar-refractivity contribution in [1.82, 2.24) is 24.9 Å². The second-order valence-corrected chi connectivity index (χ2v) is 10.7. The van der Waals surface area contributed by atoms with Gasteiger partial charge in [-0.2, -0.15) is 0 Å². The molecule has 0 bridgehead atoms. The largest absolute Gasteiger partial charge is 0.391 e. The standard InChI is InChI=1S/C24H29N5O2S/c30-17-12-20(23-25-18-8-4-5-9-21(18)32-23)28(13-17)24(31)22(16-6-2-1-3-7-16)29-14-19(26-27-29)15-10-11-15/h4-5,8-9,14-17,20,22,30H,1-3,6-7,10-13H2/t17-,20+,22?/m1/s1. The molecule has 2 aromatic heterocycles. The van der Waals surface area contributed by atoms with Gasteiger partial charge in [0.25, 0.3) is 0 Å². The number of aliphatic hydroxyl groups is 1. The number of hydrogen-bond acceptors (Lipinski definition) is 6. The van der Waals surface area contributed by atoms with Crippen LogP contribution in [0.15, 0.2) is 30.5 Å². The number of nitrogens with zero attached hydrogens (tertiary/aromatic N) is 5. The van der Waals surface area contributed by atoms with E-state index in [9.17, 15) is 9.90 Å². The summed E-state index contributed by atoms with van der Waals surface area (Å²) < 4.78 is 2.96. The van der Waals surface area contributed by atoms with Crippen molar-refractivity contribution < 1.29 is 9.90 Å². The zero-order chi connectivity index (χ0) is 21.7. The summed E-state index contributed by atoms with van der Waals surface area (Å²) in [6.45, 7) is 0.354. The third-order valence-electron chi connectivity index (χ3n) is 7.32. The summed E-state index contributed by atoms with van der Waals surface area (Å²) in [5, 5.41) is 20.3. The Morgan fingerprint density at radius 2 is 1.94 bits per heavy atom. The molecule has 3 fully saturated rings. The van der Waals surface area contributed by atoms with Crippen molar-refractivity contribution in [2.45, 2.75) is 75.5 Å². The lowest BCUT2D eigenvalue weighted by molar-refractivity contribution is -0.138. The lowest BCUT2D eigenvalue weighted by Gasteiger charge is -2.33. The number of benzene rings is 1. The van der Waals surface area contributed by atoms with Gasteiger partial charge in [-0.05, 0) is 43.7 Å². The van der Waals surface area contributed by atoms with Crippen molar-refractivity contribution in [2.24, 2.45) is 5.92 Å². The Balaban J connectivity index is 1.34. The third-order valence-corrected chi connectivity index (χ3v) is 8.45. The Morgan fingerprint density at radius 1 is 1.12 bits per heavy atom. The van der Waals surface area contributed by atoms with Gasteiger partial charge in [0.1, 0.15) is 11.0 Å². The van der Waals surface area contributed by atoms with Gasteiger partial charge in [-0.25, -0.2) is 9.67 Å². The van der Waals surface area contributed by atoms with Gasteiger partial charge in [-0.15, -0.1) is 16.4 Å². The second-order valence-electron chi connectivity index (χ2n) is 9.66. The number of β-amino-alcohol motifs (C(OH)–C–C–N with tert-alkyl or cyclic N) is 1. The Kier molecular flexibility index (Phi) is 5.22. The van der Waals surface area contributed by atoms with Gasteiger partial charge in [0.15, 0.2) is 0 Å². The summed E-state index contributed by atoms with van der Waals surface area (Å²) in [6, 6.07) is 7.53. The summed E-state index contributed by atoms with van der Waals surface area (Å²) in [7, 11) is 0. The van der Waals surface area contributed by atoms with E-state index >= 15 is 0 Å². The molecule has 1 aromatic carbocycles. The number of amides is 1. The van der Waals surface area contributed by atoms with Crippen molar-refractivity contribution in [3.63, 3.8) is 0 Å². The van der Waals surface area contributed by atoms with Gasteiger partial charge in [-0.3, -0.25) is 4.79 Å². The Bertz CT molecular complexity index is 1080. The van der Waals surface area contributed by atoms with Crippen LogP contribution in [0.3, 0.4) is 0 Å². The van der Waals surface area contributed by atoms with Gasteiger partial charge in [0.05, 0.1) is 28.1 Å². The first-order valence-electron chi connectivity index (χ1n) is 11.9. The molecule has 32 heavy (non-hydrogen) atoms. The van der Waals surface area contributed by atoms with Crippen LogP contribution < -0.4 is 0 Å². The van der Waals surface area contributed by atoms with Crippen molar-refractivity contribution in [2.75, 3.05) is 6.54 Å². The third kappa shape index (κ3) is 3.73. The average molecular weight is 452 g/mol. The van der Waals surface area contributed by atoms with Crippen LogP contribution in [0.5, 0.6) is 0 Å². The lowest BCUT2D eigenvalue weighted by atomic mass is 9.83. The smallest absolute Gasteiger partial charge is 0.248 e. The number of hydrogen-bond donors (Lipinski definition) is 1. The highest BCUT2D eigenvalue weighted by Gasteiger charge is 2.43. The molecule has 1 unspecified atom stereocenters. The summed E-state index contributed by atoms with van der Waals surface area (Å²) in [4.78, 5) is 20.8. The summed E-state index contributed by atoms with van der Waals surface area (Å²) in [5.74, 6) is 0.832. The van der Waals surface area contributed by atoms with Crippen LogP contribution in [0.1, 0.15) is 80.1 Å². The van der Waals surface area contributed by atoms with E-state index in [1.54, 1.807) is 11.3 Å². The maximum atomic E-state index is 14.1. The van der Waals surface area contributed by atoms with Gasteiger partial charge in [0, 0.05) is 25.1 Å². The minimum atomic E-state index is -0.527. The number of fused-ring (bicyclic) bond motifs is 1. The van der Waals surface area contributed by atoms with Crippen LogP contribution in [0.4, 0.5) is 0 Å². The van der Waals surface area contributed by atoms with E-state index in [4.69, 9.17) is 4.98 Å². The molecule has 8 heteroatoms. The number of carbonyl (C=O) groups excluding carboxylic acids is 1. The van der Waals surface area contributed by atoms with E-state index in [2.05, 4.69) is 16.4 Å². The van der Waals surface area contributed by atoms with E-state index in [-0.39, 0.29) is 23.9 Å². The van der Waals surface area contributed by atoms with Gasteiger partial charge >= 0.3 is 0 Å². The molecule has 168 valence electrons. The predicted octanol–water partition coefficient (Wildman–Crippen LogP) is 4.22. The minimum Gasteiger partial charge on any atom is -0.391 e. The van der Waals surface area contributed by atoms with E-state index in [1.807, 2.05) is 34.0 Å². The number of aromatic nitrogens is 4. The first-order chi connectivity index (χ1) is 15.7. The Labute approximate surface area is 191 Å². The van der Waals surface area contributed by atoms with Gasteiger partial charge in [-0.1, -0.05) is 36.6 Å². The molecule has 3 heterocycles. The summed E-state index contributed by atoms with van der Waals surface area (Å²) >= 11 is 1.63. The van der Waals surface area contributed by atoms with Gasteiger partial charge < -0.3 is 10.0 Å². The first-order valence-corrected chi connectivity index (χ1v) is 12.7. The number of thiazole rings is 1. The monoisotopic (exact) mass is 451 g/mol. The van der Waals surface area contributed by atoms with E-state index in [0.717, 1.165) is 46.6 Å². The Hall–Kier alpha value is -2.32. The molecule has 0 radical (unpaired) electrons. The molecule has 3 aliphatic rings. The average Bonchev–Trinajstić information content (AvgIpc) is 3.21. The van der Waals surface area contributed by atoms with Crippen LogP contribution in [0.25, 0.3) is 10.2 Å². The van der Waals surface area contributed by atoms with E-state index < -0.39 is 6.10 Å². The number of carbonyl (C=O) groups is 1. The van der Waals surface area contributed by atoms with Crippen molar-refractivity contribution in [3.8, 4) is 0 Å². The number of rotatable bonds is 5. The van der Waals surface area contributed by atoms with E-state index in [0.29, 0.717) is 18.9 Å². The molecule has 1 N–H and O–H groups in total. The van der Waals surface area contributed by atoms with Crippen LogP contribution in [0, 0.1) is 5.92 Å². The Morgan fingerprint density at radius 3 is 2.72 bits per heavy atom. The lowest BCUT2D eigenvalue weighted by Crippen LogP contribution is -2.41. The molecule has 2 aliphatic carbocycles. The van der Waals surface area contributed by atoms with Gasteiger partial charge in [0.2, 0.25) is 5.91 Å². The molecular weight excluding hydrogens is 422 g/mol. The van der Waals surface area contributed by atoms with Crippen LogP contribution in [-0.4, -0.2) is 48.5 Å². The summed E-state index contributed by atoms with van der Waals surface area (Å²) in [5.41, 5.74) is 1.97. The highest BCUT2D eigenvalue weighted by molar-refractivity contribution is 7.18. The molecule has 1 saturated heterocycles. The predicted molar refractivity (Wildman–Crippen MR) is 122 cm³/mol. The molecule has 7 nitrogen and oxygen atoms in total. The van der Waals surface area contributed by atoms with Crippen molar-refractivity contribution >= 4 is 27.5 Å². The molecule has 6 rings (SSSR count). The molecule has 0 spiro atoms. The quantitative estimate of drug-likeness (QED) is 0.628. The maximum Gasteiger partial charge on any atom is 0.248 e. The highest BCUT2D eigenvalue weighted by Crippen LogP contribution is 2.42. The molecular formula is C24H29N5O2S. The second kappa shape index (κ2) is 8.23. The topological polar surface area (TPSA) is 84.1 Å². The maximum absolute atomic E-state index is 14.1. The normalized spacial score (nSPS) is 25.5. The SMILES string of the molecule is O=C(C(C1CCCCC1)n1cc(C2CC2)nn1)N1C[C@H](O)C[C@H]1c1nc2ccccc2s1. The van der Waals surface area contributed by atoms with Crippen molar-refractivity contribution in [3.05, 3.63) is 41.2 Å². The zero-order valence-corrected chi connectivity index (χ0v) is 19.0. The molecule has 3 aromatic rings. The van der Waals surface area contributed by atoms with Crippen LogP contribution in [-0.2, 0) is 4.79 Å². The van der Waals surface area contributed by atoms with Crippen molar-refractivity contribution in [1.29, 1.82) is 0 Å². The fraction of sp³-hybridized carbons (Fsp3) is 0.583.